The van der Waals surface area contributed by atoms with E-state index in [9.17, 15) is 9.59 Å². The van der Waals surface area contributed by atoms with E-state index in [4.69, 9.17) is 0 Å². The van der Waals surface area contributed by atoms with E-state index in [1.165, 1.54) is 10.9 Å². The molecule has 0 aliphatic rings. The van der Waals surface area contributed by atoms with Crippen LogP contribution >= 0.6 is 0 Å². The van der Waals surface area contributed by atoms with Gasteiger partial charge in [0.05, 0.1) is 29.1 Å². The third kappa shape index (κ3) is 2.61. The van der Waals surface area contributed by atoms with Crippen LogP contribution in [0.5, 0.6) is 0 Å². The lowest BCUT2D eigenvalue weighted by Crippen LogP contribution is -2.18. The molecule has 1 amide bonds. The summed E-state index contributed by atoms with van der Waals surface area (Å²) in [4.78, 5) is 37.0. The van der Waals surface area contributed by atoms with Crippen LogP contribution in [0.1, 0.15) is 10.4 Å². The lowest BCUT2D eigenvalue weighted by molar-refractivity contribution is 0.102. The molecule has 7 nitrogen and oxygen atoms in total. The number of anilines is 1. The molecule has 0 fully saturated rings. The van der Waals surface area contributed by atoms with Crippen LogP contribution in [0.2, 0.25) is 0 Å². The van der Waals surface area contributed by atoms with E-state index in [2.05, 4.69) is 20.3 Å². The molecular formula is C18H13N5O2. The Hall–Kier alpha value is -3.61. The predicted octanol–water partition coefficient (Wildman–Crippen LogP) is 2.13. The molecule has 25 heavy (non-hydrogen) atoms. The third-order valence-corrected chi connectivity index (χ3v) is 3.99. The van der Waals surface area contributed by atoms with Crippen molar-refractivity contribution in [2.45, 2.75) is 0 Å². The second kappa shape index (κ2) is 5.79. The summed E-state index contributed by atoms with van der Waals surface area (Å²) in [5.41, 5.74) is 1.35. The molecule has 4 aromatic rings. The average molecular weight is 331 g/mol. The van der Waals surface area contributed by atoms with Gasteiger partial charge in [-0.15, -0.1) is 0 Å². The van der Waals surface area contributed by atoms with Crippen molar-refractivity contribution >= 4 is 33.3 Å². The minimum absolute atomic E-state index is 0.150. The fourth-order valence-electron chi connectivity index (χ4n) is 2.66. The molecule has 0 aliphatic carbocycles. The number of carbonyl (C=O) groups excluding carboxylic acids is 1. The maximum absolute atomic E-state index is 12.6. The lowest BCUT2D eigenvalue weighted by Gasteiger charge is -2.08. The van der Waals surface area contributed by atoms with Crippen LogP contribution in [0.3, 0.4) is 0 Å². The first-order valence-electron chi connectivity index (χ1n) is 7.58. The highest BCUT2D eigenvalue weighted by molar-refractivity contribution is 6.09. The maximum atomic E-state index is 12.6. The summed E-state index contributed by atoms with van der Waals surface area (Å²) in [5.74, 6) is -0.296. The molecule has 0 saturated heterocycles. The molecule has 0 unspecified atom stereocenters. The van der Waals surface area contributed by atoms with Crippen LogP contribution in [-0.2, 0) is 7.05 Å². The zero-order valence-electron chi connectivity index (χ0n) is 13.3. The number of amides is 1. The highest BCUT2D eigenvalue weighted by Crippen LogP contribution is 2.21. The molecule has 3 heterocycles. The molecule has 0 spiro atoms. The standard InChI is InChI=1S/C18H13N5O2/c1-23-10-21-15-6-11(2-3-14(15)18(23)25)17(24)22-16-9-20-8-12-7-19-5-4-13(12)16/h2-10H,1H3,(H,22,24). The van der Waals surface area contributed by atoms with Gasteiger partial charge >= 0.3 is 0 Å². The summed E-state index contributed by atoms with van der Waals surface area (Å²) in [6.45, 7) is 0. The minimum atomic E-state index is -0.296. The first-order valence-corrected chi connectivity index (χ1v) is 7.58. The number of hydrogen-bond acceptors (Lipinski definition) is 5. The molecule has 0 aliphatic heterocycles. The molecule has 0 radical (unpaired) electrons. The van der Waals surface area contributed by atoms with Gasteiger partial charge in [0.1, 0.15) is 0 Å². The molecule has 0 saturated carbocycles. The number of nitrogens with one attached hydrogen (secondary N) is 1. The maximum Gasteiger partial charge on any atom is 0.260 e. The van der Waals surface area contributed by atoms with E-state index >= 15 is 0 Å². The normalized spacial score (nSPS) is 10.9. The first-order chi connectivity index (χ1) is 12.1. The number of rotatable bonds is 2. The Labute approximate surface area is 142 Å². The zero-order valence-corrected chi connectivity index (χ0v) is 13.3. The van der Waals surface area contributed by atoms with Crippen molar-refractivity contribution in [2.24, 2.45) is 7.05 Å². The Kier molecular flexibility index (Phi) is 3.46. The average Bonchev–Trinajstić information content (AvgIpc) is 2.65. The second-order valence-corrected chi connectivity index (χ2v) is 5.63. The topological polar surface area (TPSA) is 89.8 Å². The molecule has 0 bridgehead atoms. The number of aromatic nitrogens is 4. The van der Waals surface area contributed by atoms with Gasteiger partial charge in [-0.05, 0) is 24.3 Å². The van der Waals surface area contributed by atoms with Crippen molar-refractivity contribution in [3.05, 3.63) is 71.3 Å². The fourth-order valence-corrected chi connectivity index (χ4v) is 2.66. The Morgan fingerprint density at radius 3 is 2.80 bits per heavy atom. The monoisotopic (exact) mass is 331 g/mol. The van der Waals surface area contributed by atoms with Crippen molar-refractivity contribution in [2.75, 3.05) is 5.32 Å². The molecule has 7 heteroatoms. The van der Waals surface area contributed by atoms with Gasteiger partial charge in [-0.25, -0.2) is 4.98 Å². The van der Waals surface area contributed by atoms with Crippen molar-refractivity contribution in [3.63, 3.8) is 0 Å². The van der Waals surface area contributed by atoms with Gasteiger partial charge in [-0.3, -0.25) is 19.6 Å². The highest BCUT2D eigenvalue weighted by atomic mass is 16.1. The molecule has 3 aromatic heterocycles. The Balaban J connectivity index is 1.72. The van der Waals surface area contributed by atoms with Gasteiger partial charge < -0.3 is 9.88 Å². The Morgan fingerprint density at radius 1 is 1.08 bits per heavy atom. The van der Waals surface area contributed by atoms with Crippen LogP contribution in [0.15, 0.2) is 60.2 Å². The van der Waals surface area contributed by atoms with Gasteiger partial charge in [-0.2, -0.15) is 0 Å². The zero-order chi connectivity index (χ0) is 17.4. The number of carbonyl (C=O) groups is 1. The Bertz CT molecular complexity index is 1180. The lowest BCUT2D eigenvalue weighted by atomic mass is 10.1. The smallest absolute Gasteiger partial charge is 0.260 e. The van der Waals surface area contributed by atoms with E-state index in [1.54, 1.807) is 50.0 Å². The van der Waals surface area contributed by atoms with E-state index in [1.807, 2.05) is 6.07 Å². The Morgan fingerprint density at radius 2 is 1.92 bits per heavy atom. The summed E-state index contributed by atoms with van der Waals surface area (Å²) in [7, 11) is 1.64. The van der Waals surface area contributed by atoms with E-state index in [-0.39, 0.29) is 11.5 Å². The fraction of sp³-hybridized carbons (Fsp3) is 0.0556. The molecule has 0 atom stereocenters. The van der Waals surface area contributed by atoms with Crippen LogP contribution in [-0.4, -0.2) is 25.4 Å². The van der Waals surface area contributed by atoms with Crippen molar-refractivity contribution in [1.82, 2.24) is 19.5 Å². The first kappa shape index (κ1) is 14.9. The number of aryl methyl sites for hydroxylation is 1. The molecule has 1 N–H and O–H groups in total. The third-order valence-electron chi connectivity index (χ3n) is 3.99. The summed E-state index contributed by atoms with van der Waals surface area (Å²) >= 11 is 0. The summed E-state index contributed by atoms with van der Waals surface area (Å²) in [6, 6.07) is 6.65. The predicted molar refractivity (Wildman–Crippen MR) is 94.5 cm³/mol. The summed E-state index contributed by atoms with van der Waals surface area (Å²) in [6.07, 6.45) is 8.07. The van der Waals surface area contributed by atoms with Gasteiger partial charge in [0.2, 0.25) is 0 Å². The van der Waals surface area contributed by atoms with Crippen molar-refractivity contribution in [1.29, 1.82) is 0 Å². The largest absolute Gasteiger partial charge is 0.320 e. The van der Waals surface area contributed by atoms with Crippen LogP contribution in [0, 0.1) is 0 Å². The number of fused-ring (bicyclic) bond motifs is 2. The van der Waals surface area contributed by atoms with E-state index in [0.29, 0.717) is 22.2 Å². The van der Waals surface area contributed by atoms with Gasteiger partial charge in [-0.1, -0.05) is 0 Å². The minimum Gasteiger partial charge on any atom is -0.320 e. The SMILES string of the molecule is Cn1cnc2cc(C(=O)Nc3cncc4cnccc34)ccc2c1=O. The van der Waals surface area contributed by atoms with Crippen molar-refractivity contribution in [3.8, 4) is 0 Å². The van der Waals surface area contributed by atoms with E-state index < -0.39 is 0 Å². The second-order valence-electron chi connectivity index (χ2n) is 5.63. The van der Waals surface area contributed by atoms with Crippen molar-refractivity contribution < 1.29 is 4.79 Å². The van der Waals surface area contributed by atoms with Crippen LogP contribution in [0.4, 0.5) is 5.69 Å². The quantitative estimate of drug-likeness (QED) is 0.608. The number of pyridine rings is 2. The molecule has 1 aromatic carbocycles. The number of benzene rings is 1. The van der Waals surface area contributed by atoms with Gasteiger partial charge in [0, 0.05) is 42.0 Å². The van der Waals surface area contributed by atoms with Gasteiger partial charge in [0.25, 0.3) is 11.5 Å². The summed E-state index contributed by atoms with van der Waals surface area (Å²) in [5, 5.41) is 5.01. The molecule has 122 valence electrons. The summed E-state index contributed by atoms with van der Waals surface area (Å²) < 4.78 is 1.40. The molecular weight excluding hydrogens is 318 g/mol. The number of hydrogen-bond donors (Lipinski definition) is 1. The van der Waals surface area contributed by atoms with Crippen LogP contribution in [0.25, 0.3) is 21.7 Å². The number of nitrogens with zero attached hydrogens (tertiary/aromatic N) is 4. The molecule has 4 rings (SSSR count). The van der Waals surface area contributed by atoms with E-state index in [0.717, 1.165) is 10.8 Å². The highest BCUT2D eigenvalue weighted by Gasteiger charge is 2.11. The van der Waals surface area contributed by atoms with Crippen LogP contribution < -0.4 is 10.9 Å². The van der Waals surface area contributed by atoms with Gasteiger partial charge in [0.15, 0.2) is 0 Å².